The summed E-state index contributed by atoms with van der Waals surface area (Å²) in [5.41, 5.74) is -0.435. The van der Waals surface area contributed by atoms with Crippen LogP contribution in [0.3, 0.4) is 0 Å². The molecular formula is C16H16F3N4O2S2-. The number of amides is 1. The number of carbonyl (C=O) groups is 2. The molecule has 0 unspecified atom stereocenters. The van der Waals surface area contributed by atoms with Crippen LogP contribution in [0.15, 0.2) is 11.4 Å². The lowest BCUT2D eigenvalue weighted by molar-refractivity contribution is -0.142. The predicted octanol–water partition coefficient (Wildman–Crippen LogP) is 2.76. The molecule has 27 heavy (non-hydrogen) atoms. The molecule has 0 spiro atoms. The fourth-order valence-electron chi connectivity index (χ4n) is 2.98. The van der Waals surface area contributed by atoms with Crippen LogP contribution in [0.2, 0.25) is 0 Å². The summed E-state index contributed by atoms with van der Waals surface area (Å²) in [6, 6.07) is 0.931. The monoisotopic (exact) mass is 417 g/mol. The third-order valence-electron chi connectivity index (χ3n) is 4.48. The molecule has 0 aromatic carbocycles. The van der Waals surface area contributed by atoms with Crippen molar-refractivity contribution < 1.29 is 22.8 Å². The lowest BCUT2D eigenvalue weighted by atomic mass is 9.97. The van der Waals surface area contributed by atoms with Crippen molar-refractivity contribution in [3.05, 3.63) is 33.5 Å². The Hall–Kier alpha value is -2.01. The highest BCUT2D eigenvalue weighted by atomic mass is 32.1. The van der Waals surface area contributed by atoms with E-state index in [1.54, 1.807) is 10.3 Å². The van der Waals surface area contributed by atoms with Gasteiger partial charge in [-0.1, -0.05) is 0 Å². The third kappa shape index (κ3) is 4.46. The Labute approximate surface area is 162 Å². The van der Waals surface area contributed by atoms with Crippen LogP contribution < -0.4 is 0 Å². The first kappa shape index (κ1) is 19.7. The second kappa shape index (κ2) is 7.55. The molecule has 146 valence electrons. The highest BCUT2D eigenvalue weighted by Crippen LogP contribution is 2.31. The molecule has 1 amide bonds. The second-order valence-electron chi connectivity index (χ2n) is 6.34. The van der Waals surface area contributed by atoms with Gasteiger partial charge in [-0.2, -0.15) is 18.3 Å². The maximum atomic E-state index is 12.7. The van der Waals surface area contributed by atoms with Gasteiger partial charge >= 0.3 is 6.18 Å². The first-order valence-corrected chi connectivity index (χ1v) is 9.50. The quantitative estimate of drug-likeness (QED) is 0.716. The van der Waals surface area contributed by atoms with E-state index in [1.165, 1.54) is 18.3 Å². The molecule has 6 nitrogen and oxygen atoms in total. The van der Waals surface area contributed by atoms with Crippen LogP contribution in [0.4, 0.5) is 13.2 Å². The van der Waals surface area contributed by atoms with Gasteiger partial charge in [0.25, 0.3) is 0 Å². The molecule has 0 bridgehead atoms. The van der Waals surface area contributed by atoms with Crippen LogP contribution in [0.25, 0.3) is 0 Å². The lowest BCUT2D eigenvalue weighted by Gasteiger charge is -2.31. The van der Waals surface area contributed by atoms with E-state index in [1.807, 2.05) is 0 Å². The highest BCUT2D eigenvalue weighted by molar-refractivity contribution is 7.77. The van der Waals surface area contributed by atoms with Crippen molar-refractivity contribution in [1.82, 2.24) is 19.7 Å². The lowest BCUT2D eigenvalue weighted by Crippen LogP contribution is -2.40. The Morgan fingerprint density at radius 3 is 2.52 bits per heavy atom. The van der Waals surface area contributed by atoms with Crippen molar-refractivity contribution in [2.45, 2.75) is 38.4 Å². The molecule has 3 rings (SSSR count). The van der Waals surface area contributed by atoms with Crippen molar-refractivity contribution in [2.24, 2.45) is 0 Å². The number of alkyl halides is 3. The van der Waals surface area contributed by atoms with E-state index in [4.69, 9.17) is 0 Å². The number of aromatic nitrogens is 3. The van der Waals surface area contributed by atoms with Crippen LogP contribution in [-0.2, 0) is 30.1 Å². The van der Waals surface area contributed by atoms with Gasteiger partial charge in [-0.15, -0.1) is 11.3 Å². The maximum absolute atomic E-state index is 12.7. The zero-order valence-corrected chi connectivity index (χ0v) is 16.0. The number of aryl methyl sites for hydroxylation is 1. The molecule has 0 radical (unpaired) electrons. The molecule has 2 aromatic rings. The van der Waals surface area contributed by atoms with Gasteiger partial charge in [0.1, 0.15) is 6.54 Å². The minimum atomic E-state index is -4.53. The molecular weight excluding hydrogens is 401 g/mol. The van der Waals surface area contributed by atoms with E-state index in [0.717, 1.165) is 15.8 Å². The number of carbonyl (C=O) groups excluding carboxylic acids is 2. The van der Waals surface area contributed by atoms with Gasteiger partial charge < -0.3 is 22.3 Å². The number of piperidine rings is 1. The van der Waals surface area contributed by atoms with Gasteiger partial charge in [0.2, 0.25) is 5.91 Å². The van der Waals surface area contributed by atoms with E-state index in [-0.39, 0.29) is 29.8 Å². The summed E-state index contributed by atoms with van der Waals surface area (Å²) in [5, 5.41) is 5.47. The van der Waals surface area contributed by atoms with Gasteiger partial charge in [-0.05, 0) is 25.8 Å². The topological polar surface area (TPSA) is 68.1 Å². The molecule has 3 heterocycles. The Morgan fingerprint density at radius 2 is 2.00 bits per heavy atom. The van der Waals surface area contributed by atoms with E-state index < -0.39 is 17.0 Å². The summed E-state index contributed by atoms with van der Waals surface area (Å²) < 4.78 is 39.3. The molecule has 1 aliphatic heterocycles. The van der Waals surface area contributed by atoms with Crippen molar-refractivity contribution in [3.63, 3.8) is 0 Å². The number of rotatable bonds is 4. The van der Waals surface area contributed by atoms with Crippen LogP contribution in [0, 0.1) is 6.92 Å². The fraction of sp³-hybridized carbons (Fsp3) is 0.500. The fourth-order valence-corrected chi connectivity index (χ4v) is 4.13. The average Bonchev–Trinajstić information content (AvgIpc) is 3.22. The Bertz CT molecular complexity index is 854. The zero-order valence-electron chi connectivity index (χ0n) is 14.3. The van der Waals surface area contributed by atoms with Gasteiger partial charge in [-0.25, -0.2) is 4.98 Å². The highest BCUT2D eigenvalue weighted by Gasteiger charge is 2.35. The molecule has 0 saturated carbocycles. The number of hydrogen-bond acceptors (Lipinski definition) is 6. The number of thiazole rings is 1. The first-order chi connectivity index (χ1) is 12.6. The summed E-state index contributed by atoms with van der Waals surface area (Å²) in [6.45, 7) is 2.22. The van der Waals surface area contributed by atoms with E-state index in [0.29, 0.717) is 25.9 Å². The molecule has 1 fully saturated rings. The van der Waals surface area contributed by atoms with Gasteiger partial charge in [-0.3, -0.25) is 9.48 Å². The molecule has 1 aliphatic rings. The normalized spacial score (nSPS) is 15.9. The third-order valence-corrected chi connectivity index (χ3v) is 5.70. The van der Waals surface area contributed by atoms with Crippen molar-refractivity contribution in [1.29, 1.82) is 0 Å². The second-order valence-corrected chi connectivity index (χ2v) is 7.60. The van der Waals surface area contributed by atoms with Crippen molar-refractivity contribution in [3.8, 4) is 0 Å². The number of likely N-dealkylation sites (tertiary alicyclic amines) is 1. The molecule has 11 heteroatoms. The smallest absolute Gasteiger partial charge is 0.435 e. The molecule has 0 atom stereocenters. The summed E-state index contributed by atoms with van der Waals surface area (Å²) in [5.74, 6) is -0.126. The van der Waals surface area contributed by atoms with E-state index in [2.05, 4.69) is 22.7 Å². The summed E-state index contributed by atoms with van der Waals surface area (Å²) in [4.78, 5) is 29.5. The van der Waals surface area contributed by atoms with Crippen LogP contribution in [0.1, 0.15) is 45.6 Å². The zero-order chi connectivity index (χ0) is 19.8. The van der Waals surface area contributed by atoms with E-state index in [9.17, 15) is 22.8 Å². The largest absolute Gasteiger partial charge is 0.735 e. The minimum absolute atomic E-state index is 0.144. The van der Waals surface area contributed by atoms with Gasteiger partial charge in [0.05, 0.1) is 15.8 Å². The molecule has 2 aromatic heterocycles. The number of nitrogens with zero attached hydrogens (tertiary/aromatic N) is 4. The van der Waals surface area contributed by atoms with Crippen LogP contribution in [0.5, 0.6) is 0 Å². The maximum Gasteiger partial charge on any atom is 0.435 e. The van der Waals surface area contributed by atoms with Crippen LogP contribution in [-0.4, -0.2) is 43.8 Å². The molecule has 0 aliphatic carbocycles. The van der Waals surface area contributed by atoms with Gasteiger partial charge in [0, 0.05) is 30.1 Å². The SMILES string of the molecule is Cc1cc(C(F)(F)F)nn1CC(=O)N1CCC(c2nc(C(=O)[S-])cs2)CC1. The van der Waals surface area contributed by atoms with Gasteiger partial charge in [0.15, 0.2) is 5.69 Å². The summed E-state index contributed by atoms with van der Waals surface area (Å²) >= 11 is 5.97. The molecule has 1 saturated heterocycles. The minimum Gasteiger partial charge on any atom is -0.735 e. The van der Waals surface area contributed by atoms with E-state index >= 15 is 0 Å². The van der Waals surface area contributed by atoms with Crippen molar-refractivity contribution in [2.75, 3.05) is 13.1 Å². The standard InChI is InChI=1S/C16H17F3N4O2S2/c1-9-6-12(16(17,18)19)21-23(9)7-13(24)22-4-2-10(3-5-22)14-20-11(8-27-14)15(25)26/h6,8,10H,2-5,7H2,1H3,(H,25,26)/p-1. The average molecular weight is 417 g/mol. The Balaban J connectivity index is 1.58. The number of hydrogen-bond donors (Lipinski definition) is 0. The summed E-state index contributed by atoms with van der Waals surface area (Å²) in [6.07, 6.45) is -3.18. The Kier molecular flexibility index (Phi) is 5.52. The predicted molar refractivity (Wildman–Crippen MR) is 94.3 cm³/mol. The molecule has 0 N–H and O–H groups in total. The number of halogens is 3. The first-order valence-electron chi connectivity index (χ1n) is 8.21. The Morgan fingerprint density at radius 1 is 1.33 bits per heavy atom. The summed E-state index contributed by atoms with van der Waals surface area (Å²) in [7, 11) is 0. The van der Waals surface area contributed by atoms with Crippen molar-refractivity contribution >= 4 is 35.0 Å². The van der Waals surface area contributed by atoms with Crippen LogP contribution >= 0.6 is 11.3 Å².